The summed E-state index contributed by atoms with van der Waals surface area (Å²) in [5.74, 6) is 2.30. The van der Waals surface area contributed by atoms with Crippen molar-refractivity contribution in [2.75, 3.05) is 40.9 Å². The fourth-order valence-electron chi connectivity index (χ4n) is 3.92. The van der Waals surface area contributed by atoms with E-state index in [4.69, 9.17) is 0 Å². The van der Waals surface area contributed by atoms with Crippen molar-refractivity contribution in [3.05, 3.63) is 24.3 Å². The second-order valence-corrected chi connectivity index (χ2v) is 8.52. The first-order chi connectivity index (χ1) is 13.2. The molecule has 1 N–H and O–H groups in total. The van der Waals surface area contributed by atoms with Crippen LogP contribution in [0.25, 0.3) is 0 Å². The van der Waals surface area contributed by atoms with E-state index in [2.05, 4.69) is 23.2 Å². The Morgan fingerprint density at radius 1 is 1.19 bits per heavy atom. The minimum absolute atomic E-state index is 0.0170. The molecule has 2 amide bonds. The predicted octanol–water partition coefficient (Wildman–Crippen LogP) is 3.43. The predicted molar refractivity (Wildman–Crippen MR) is 114 cm³/mol. The molecule has 1 aromatic carbocycles. The van der Waals surface area contributed by atoms with E-state index in [1.54, 1.807) is 0 Å². The van der Waals surface area contributed by atoms with Gasteiger partial charge in [-0.2, -0.15) is 11.8 Å². The Morgan fingerprint density at radius 3 is 2.81 bits per heavy atom. The molecule has 5 nitrogen and oxygen atoms in total. The number of anilines is 2. The Bertz CT molecular complexity index is 652. The molecule has 0 unspecified atom stereocenters. The van der Waals surface area contributed by atoms with E-state index in [0.717, 1.165) is 43.1 Å². The molecule has 6 heteroatoms. The van der Waals surface area contributed by atoms with Gasteiger partial charge in [0.1, 0.15) is 0 Å². The third-order valence-corrected chi connectivity index (χ3v) is 6.53. The monoisotopic (exact) mass is 389 g/mol. The van der Waals surface area contributed by atoms with Gasteiger partial charge in [0.25, 0.3) is 0 Å². The summed E-state index contributed by atoms with van der Waals surface area (Å²) in [6.07, 6.45) is 5.04. The summed E-state index contributed by atoms with van der Waals surface area (Å²) in [7, 11) is 0. The fourth-order valence-corrected chi connectivity index (χ4v) is 4.76. The zero-order valence-electron chi connectivity index (χ0n) is 16.3. The van der Waals surface area contributed by atoms with Gasteiger partial charge in [0, 0.05) is 38.5 Å². The standard InChI is InChI=1S/C21H31N3O2S/c1-2-14-27-15-6-12-22-20(25)10-11-21(26)24-16-17-7-5-13-23(17)18-8-3-4-9-19(18)24/h3-4,8-9,17H,2,5-7,10-16H2,1H3,(H,22,25)/t17-/m0/s1. The van der Waals surface area contributed by atoms with E-state index >= 15 is 0 Å². The summed E-state index contributed by atoms with van der Waals surface area (Å²) < 4.78 is 0. The molecule has 3 rings (SSSR count). The SMILES string of the molecule is CCCSCCCNC(=O)CCC(=O)N1C[C@@H]2CCCN2c2ccccc21. The summed E-state index contributed by atoms with van der Waals surface area (Å²) >= 11 is 1.93. The van der Waals surface area contributed by atoms with E-state index in [1.807, 2.05) is 34.9 Å². The van der Waals surface area contributed by atoms with Gasteiger partial charge < -0.3 is 15.1 Å². The van der Waals surface area contributed by atoms with Crippen LogP contribution in [-0.4, -0.2) is 49.0 Å². The van der Waals surface area contributed by atoms with Gasteiger partial charge in [-0.25, -0.2) is 0 Å². The summed E-state index contributed by atoms with van der Waals surface area (Å²) in [5, 5.41) is 2.94. The third kappa shape index (κ3) is 5.18. The maximum atomic E-state index is 12.8. The third-order valence-electron chi connectivity index (χ3n) is 5.26. The lowest BCUT2D eigenvalue weighted by atomic mass is 10.1. The molecule has 1 atom stereocenters. The molecule has 0 radical (unpaired) electrons. The molecule has 0 saturated carbocycles. The maximum absolute atomic E-state index is 12.8. The van der Waals surface area contributed by atoms with Crippen LogP contribution in [0, 0.1) is 0 Å². The van der Waals surface area contributed by atoms with E-state index in [9.17, 15) is 9.59 Å². The number of carbonyl (C=O) groups is 2. The van der Waals surface area contributed by atoms with Gasteiger partial charge in [0.2, 0.25) is 11.8 Å². The number of hydrogen-bond donors (Lipinski definition) is 1. The minimum Gasteiger partial charge on any atom is -0.365 e. The fraction of sp³-hybridized carbons (Fsp3) is 0.619. The van der Waals surface area contributed by atoms with Crippen molar-refractivity contribution in [1.29, 1.82) is 0 Å². The molecule has 2 heterocycles. The zero-order chi connectivity index (χ0) is 19.1. The van der Waals surface area contributed by atoms with Crippen LogP contribution in [0.2, 0.25) is 0 Å². The number of nitrogens with zero attached hydrogens (tertiary/aromatic N) is 2. The lowest BCUT2D eigenvalue weighted by molar-refractivity contribution is -0.125. The molecule has 0 aliphatic carbocycles. The van der Waals surface area contributed by atoms with Gasteiger partial charge >= 0.3 is 0 Å². The Balaban J connectivity index is 1.47. The zero-order valence-corrected chi connectivity index (χ0v) is 17.1. The Hall–Kier alpha value is -1.69. The maximum Gasteiger partial charge on any atom is 0.227 e. The van der Waals surface area contributed by atoms with E-state index in [1.165, 1.54) is 18.6 Å². The van der Waals surface area contributed by atoms with Crippen molar-refractivity contribution in [3.63, 3.8) is 0 Å². The van der Waals surface area contributed by atoms with Crippen LogP contribution in [0.3, 0.4) is 0 Å². The molecule has 2 aliphatic heterocycles. The van der Waals surface area contributed by atoms with E-state index in [-0.39, 0.29) is 24.7 Å². The normalized spacial score (nSPS) is 18.2. The molecule has 1 saturated heterocycles. The molecule has 27 heavy (non-hydrogen) atoms. The number of benzene rings is 1. The van der Waals surface area contributed by atoms with Crippen molar-refractivity contribution in [3.8, 4) is 0 Å². The van der Waals surface area contributed by atoms with Gasteiger partial charge in [-0.3, -0.25) is 9.59 Å². The summed E-state index contributed by atoms with van der Waals surface area (Å²) in [4.78, 5) is 29.2. The van der Waals surface area contributed by atoms with Crippen molar-refractivity contribution >= 4 is 35.0 Å². The molecule has 2 aliphatic rings. The van der Waals surface area contributed by atoms with Crippen LogP contribution in [-0.2, 0) is 9.59 Å². The minimum atomic E-state index is -0.0170. The smallest absolute Gasteiger partial charge is 0.227 e. The van der Waals surface area contributed by atoms with Gasteiger partial charge in [-0.15, -0.1) is 0 Å². The molecular formula is C21H31N3O2S. The highest BCUT2D eigenvalue weighted by Gasteiger charge is 2.35. The molecule has 0 aromatic heterocycles. The van der Waals surface area contributed by atoms with Gasteiger partial charge in [0.15, 0.2) is 0 Å². The summed E-state index contributed by atoms with van der Waals surface area (Å²) in [5.41, 5.74) is 2.16. The number of nitrogens with one attached hydrogen (secondary N) is 1. The van der Waals surface area contributed by atoms with Crippen LogP contribution in [0.4, 0.5) is 11.4 Å². The first-order valence-electron chi connectivity index (χ1n) is 10.2. The van der Waals surface area contributed by atoms with Gasteiger partial charge in [-0.05, 0) is 49.3 Å². The topological polar surface area (TPSA) is 52.7 Å². The highest BCUT2D eigenvalue weighted by molar-refractivity contribution is 7.99. The summed E-state index contributed by atoms with van der Waals surface area (Å²) in [6, 6.07) is 8.57. The van der Waals surface area contributed by atoms with Crippen molar-refractivity contribution in [2.45, 2.75) is 51.5 Å². The van der Waals surface area contributed by atoms with E-state index < -0.39 is 0 Å². The molecule has 0 bridgehead atoms. The highest BCUT2D eigenvalue weighted by Crippen LogP contribution is 2.39. The first kappa shape index (κ1) is 20.1. The van der Waals surface area contributed by atoms with Gasteiger partial charge in [-0.1, -0.05) is 19.1 Å². The number of rotatable bonds is 9. The van der Waals surface area contributed by atoms with Crippen LogP contribution < -0.4 is 15.1 Å². The first-order valence-corrected chi connectivity index (χ1v) is 11.4. The number of carbonyl (C=O) groups excluding carboxylic acids is 2. The number of thioether (sulfide) groups is 1. The second kappa shape index (κ2) is 10.0. The molecule has 1 fully saturated rings. The Morgan fingerprint density at radius 2 is 2.00 bits per heavy atom. The quantitative estimate of drug-likeness (QED) is 0.658. The van der Waals surface area contributed by atoms with Gasteiger partial charge in [0.05, 0.1) is 11.4 Å². The second-order valence-electron chi connectivity index (χ2n) is 7.30. The largest absolute Gasteiger partial charge is 0.365 e. The molecule has 1 aromatic rings. The van der Waals surface area contributed by atoms with Crippen LogP contribution in [0.15, 0.2) is 24.3 Å². The van der Waals surface area contributed by atoms with Crippen molar-refractivity contribution in [1.82, 2.24) is 5.32 Å². The van der Waals surface area contributed by atoms with Crippen LogP contribution in [0.1, 0.15) is 45.4 Å². The molecule has 148 valence electrons. The van der Waals surface area contributed by atoms with E-state index in [0.29, 0.717) is 12.6 Å². The highest BCUT2D eigenvalue weighted by atomic mass is 32.2. The lowest BCUT2D eigenvalue weighted by Gasteiger charge is -2.40. The van der Waals surface area contributed by atoms with Crippen molar-refractivity contribution < 1.29 is 9.59 Å². The molecular weight excluding hydrogens is 358 g/mol. The average Bonchev–Trinajstić information content (AvgIpc) is 3.17. The van der Waals surface area contributed by atoms with Crippen LogP contribution in [0.5, 0.6) is 0 Å². The van der Waals surface area contributed by atoms with Crippen LogP contribution >= 0.6 is 11.8 Å². The average molecular weight is 390 g/mol. The number of fused-ring (bicyclic) bond motifs is 3. The number of amides is 2. The Labute approximate surface area is 166 Å². The Kier molecular flexibility index (Phi) is 7.44. The number of para-hydroxylation sites is 2. The lowest BCUT2D eigenvalue weighted by Crippen LogP contribution is -2.48. The van der Waals surface area contributed by atoms with Crippen molar-refractivity contribution in [2.24, 2.45) is 0 Å². The molecule has 0 spiro atoms. The summed E-state index contributed by atoms with van der Waals surface area (Å²) in [6.45, 7) is 4.69. The number of hydrogen-bond acceptors (Lipinski definition) is 4.